The molecule has 0 saturated heterocycles. The van der Waals surface area contributed by atoms with Gasteiger partial charge >= 0.3 is 0 Å². The van der Waals surface area contributed by atoms with Crippen LogP contribution in [0.2, 0.25) is 0 Å². The van der Waals surface area contributed by atoms with E-state index in [1.54, 1.807) is 6.08 Å². The monoisotopic (exact) mass is 371 g/mol. The molecule has 3 rings (SSSR count). The molecule has 2 aromatic rings. The third kappa shape index (κ3) is 4.02. The van der Waals surface area contributed by atoms with Gasteiger partial charge in [-0.25, -0.2) is 0 Å². The molecule has 23 heavy (non-hydrogen) atoms. The molecule has 1 amide bonds. The molecule has 1 N–H and O–H groups in total. The van der Waals surface area contributed by atoms with Crippen LogP contribution in [0.15, 0.2) is 53.0 Å². The van der Waals surface area contributed by atoms with Gasteiger partial charge in [0.15, 0.2) is 0 Å². The van der Waals surface area contributed by atoms with E-state index in [1.165, 1.54) is 5.56 Å². The van der Waals surface area contributed by atoms with Gasteiger partial charge in [0.2, 0.25) is 5.91 Å². The Morgan fingerprint density at radius 1 is 1.26 bits per heavy atom. The highest BCUT2D eigenvalue weighted by atomic mass is 79.9. The topological polar surface area (TPSA) is 38.3 Å². The van der Waals surface area contributed by atoms with Crippen molar-refractivity contribution in [3.63, 3.8) is 0 Å². The molecule has 1 aliphatic rings. The zero-order chi connectivity index (χ0) is 16.2. The zero-order valence-electron chi connectivity index (χ0n) is 12.9. The molecule has 1 unspecified atom stereocenters. The first-order valence-corrected chi connectivity index (χ1v) is 8.38. The van der Waals surface area contributed by atoms with Gasteiger partial charge in [-0.15, -0.1) is 0 Å². The average molecular weight is 372 g/mol. The Hall–Kier alpha value is -2.07. The van der Waals surface area contributed by atoms with Crippen LogP contribution in [0.1, 0.15) is 29.2 Å². The van der Waals surface area contributed by atoms with Gasteiger partial charge < -0.3 is 10.1 Å². The maximum atomic E-state index is 12.2. The normalized spacial score (nSPS) is 16.7. The van der Waals surface area contributed by atoms with E-state index in [-0.39, 0.29) is 11.9 Å². The fourth-order valence-electron chi connectivity index (χ4n) is 2.58. The van der Waals surface area contributed by atoms with E-state index >= 15 is 0 Å². The van der Waals surface area contributed by atoms with E-state index in [9.17, 15) is 4.79 Å². The minimum absolute atomic E-state index is 0.0218. The van der Waals surface area contributed by atoms with Crippen LogP contribution in [0.25, 0.3) is 6.08 Å². The summed E-state index contributed by atoms with van der Waals surface area (Å²) in [5.41, 5.74) is 3.24. The molecule has 4 heteroatoms. The van der Waals surface area contributed by atoms with Crippen LogP contribution in [0.5, 0.6) is 5.75 Å². The smallest absolute Gasteiger partial charge is 0.244 e. The second-order valence-corrected chi connectivity index (χ2v) is 6.54. The van der Waals surface area contributed by atoms with Crippen molar-refractivity contribution in [1.29, 1.82) is 0 Å². The zero-order valence-corrected chi connectivity index (χ0v) is 14.5. The molecule has 3 nitrogen and oxygen atoms in total. The lowest BCUT2D eigenvalue weighted by Crippen LogP contribution is -2.31. The summed E-state index contributed by atoms with van der Waals surface area (Å²) in [5.74, 6) is 0.746. The van der Waals surface area contributed by atoms with Crippen molar-refractivity contribution in [2.75, 3.05) is 6.61 Å². The quantitative estimate of drug-likeness (QED) is 0.811. The first-order chi connectivity index (χ1) is 11.1. The molecule has 0 saturated carbocycles. The van der Waals surface area contributed by atoms with Gasteiger partial charge in [-0.2, -0.15) is 0 Å². The lowest BCUT2D eigenvalue weighted by molar-refractivity contribution is -0.117. The van der Waals surface area contributed by atoms with Crippen molar-refractivity contribution in [2.45, 2.75) is 19.4 Å². The molecule has 0 bridgehead atoms. The number of rotatable bonds is 3. The summed E-state index contributed by atoms with van der Waals surface area (Å²) in [6, 6.07) is 13.9. The van der Waals surface area contributed by atoms with Crippen molar-refractivity contribution in [1.82, 2.24) is 5.32 Å². The lowest BCUT2D eigenvalue weighted by atomic mass is 10.0. The standard InChI is InChI=1S/C19H18BrNO2/c1-13-2-4-14(5-3-13)6-9-19(22)21-17-10-11-23-18-8-7-15(20)12-16(17)18/h2-9,12,17H,10-11H2,1H3,(H,21,22). The summed E-state index contributed by atoms with van der Waals surface area (Å²) in [7, 11) is 0. The molecule has 0 aromatic heterocycles. The number of carbonyl (C=O) groups excluding carboxylic acids is 1. The molecule has 1 heterocycles. The van der Waals surface area contributed by atoms with Gasteiger partial charge in [-0.05, 0) is 36.8 Å². The highest BCUT2D eigenvalue weighted by Crippen LogP contribution is 2.34. The molecule has 0 radical (unpaired) electrons. The number of carbonyl (C=O) groups is 1. The molecular weight excluding hydrogens is 354 g/mol. The Morgan fingerprint density at radius 3 is 2.83 bits per heavy atom. The van der Waals surface area contributed by atoms with Crippen LogP contribution in [0.3, 0.4) is 0 Å². The Bertz CT molecular complexity index is 738. The van der Waals surface area contributed by atoms with Gasteiger partial charge in [-0.1, -0.05) is 45.8 Å². The third-order valence-electron chi connectivity index (χ3n) is 3.83. The van der Waals surface area contributed by atoms with Crippen molar-refractivity contribution in [3.8, 4) is 5.75 Å². The third-order valence-corrected chi connectivity index (χ3v) is 4.33. The molecule has 0 fully saturated rings. The van der Waals surface area contributed by atoms with Crippen LogP contribution >= 0.6 is 15.9 Å². The fourth-order valence-corrected chi connectivity index (χ4v) is 2.96. The SMILES string of the molecule is Cc1ccc(C=CC(=O)NC2CCOc3ccc(Br)cc32)cc1. The number of benzene rings is 2. The molecule has 0 spiro atoms. The second kappa shape index (κ2) is 7.01. The summed E-state index contributed by atoms with van der Waals surface area (Å²) in [5, 5.41) is 3.06. The predicted octanol–water partition coefficient (Wildman–Crippen LogP) is 4.41. The number of amides is 1. The van der Waals surface area contributed by atoms with E-state index in [4.69, 9.17) is 4.74 Å². The minimum Gasteiger partial charge on any atom is -0.493 e. The molecule has 0 aliphatic carbocycles. The van der Waals surface area contributed by atoms with Crippen molar-refractivity contribution in [3.05, 3.63) is 69.7 Å². The highest BCUT2D eigenvalue weighted by molar-refractivity contribution is 9.10. The number of nitrogens with one attached hydrogen (secondary N) is 1. The van der Waals surface area contributed by atoms with E-state index in [0.29, 0.717) is 6.61 Å². The summed E-state index contributed by atoms with van der Waals surface area (Å²) < 4.78 is 6.62. The van der Waals surface area contributed by atoms with Gasteiger partial charge in [0.05, 0.1) is 12.6 Å². The number of fused-ring (bicyclic) bond motifs is 1. The Morgan fingerprint density at radius 2 is 2.04 bits per heavy atom. The second-order valence-electron chi connectivity index (χ2n) is 5.62. The largest absolute Gasteiger partial charge is 0.493 e. The number of halogens is 1. The van der Waals surface area contributed by atoms with Crippen molar-refractivity contribution < 1.29 is 9.53 Å². The summed E-state index contributed by atoms with van der Waals surface area (Å²) in [4.78, 5) is 12.2. The van der Waals surface area contributed by atoms with Gasteiger partial charge in [-0.3, -0.25) is 4.79 Å². The fraction of sp³-hybridized carbons (Fsp3) is 0.211. The molecule has 1 aliphatic heterocycles. The number of hydrogen-bond acceptors (Lipinski definition) is 2. The molecule has 118 valence electrons. The predicted molar refractivity (Wildman–Crippen MR) is 95.4 cm³/mol. The minimum atomic E-state index is -0.0941. The Balaban J connectivity index is 1.69. The number of hydrogen-bond donors (Lipinski definition) is 1. The Kier molecular flexibility index (Phi) is 4.82. The molecule has 2 aromatic carbocycles. The van der Waals surface area contributed by atoms with Crippen LogP contribution in [0.4, 0.5) is 0 Å². The van der Waals surface area contributed by atoms with Crippen LogP contribution in [0, 0.1) is 6.92 Å². The van der Waals surface area contributed by atoms with Crippen LogP contribution in [-0.2, 0) is 4.79 Å². The highest BCUT2D eigenvalue weighted by Gasteiger charge is 2.22. The van der Waals surface area contributed by atoms with Gasteiger partial charge in [0.1, 0.15) is 5.75 Å². The number of ether oxygens (including phenoxy) is 1. The summed E-state index contributed by atoms with van der Waals surface area (Å²) >= 11 is 3.47. The summed E-state index contributed by atoms with van der Waals surface area (Å²) in [6.45, 7) is 2.65. The molecular formula is C19H18BrNO2. The van der Waals surface area contributed by atoms with Crippen molar-refractivity contribution >= 4 is 27.9 Å². The van der Waals surface area contributed by atoms with Crippen LogP contribution in [-0.4, -0.2) is 12.5 Å². The van der Waals surface area contributed by atoms with Crippen LogP contribution < -0.4 is 10.1 Å². The number of aryl methyl sites for hydroxylation is 1. The lowest BCUT2D eigenvalue weighted by Gasteiger charge is -2.26. The maximum absolute atomic E-state index is 12.2. The van der Waals surface area contributed by atoms with E-state index in [0.717, 1.165) is 27.8 Å². The van der Waals surface area contributed by atoms with Crippen molar-refractivity contribution in [2.24, 2.45) is 0 Å². The first kappa shape index (κ1) is 15.8. The Labute approximate surface area is 144 Å². The summed E-state index contributed by atoms with van der Waals surface area (Å²) in [6.07, 6.45) is 4.18. The van der Waals surface area contributed by atoms with E-state index in [1.807, 2.05) is 55.5 Å². The van der Waals surface area contributed by atoms with E-state index in [2.05, 4.69) is 21.2 Å². The first-order valence-electron chi connectivity index (χ1n) is 7.59. The van der Waals surface area contributed by atoms with Gasteiger partial charge in [0, 0.05) is 22.5 Å². The van der Waals surface area contributed by atoms with Gasteiger partial charge in [0.25, 0.3) is 0 Å². The maximum Gasteiger partial charge on any atom is 0.244 e. The van der Waals surface area contributed by atoms with E-state index < -0.39 is 0 Å². The molecule has 1 atom stereocenters. The average Bonchev–Trinajstić information content (AvgIpc) is 2.55.